The number of carbonyl (C=O) groups excluding carboxylic acids is 1. The minimum atomic E-state index is -3.29. The van der Waals surface area contributed by atoms with Crippen LogP contribution < -0.4 is 0 Å². The van der Waals surface area contributed by atoms with Crippen LogP contribution in [0.2, 0.25) is 0 Å². The van der Waals surface area contributed by atoms with Gasteiger partial charge in [0, 0.05) is 19.5 Å². The van der Waals surface area contributed by atoms with Gasteiger partial charge in [0.05, 0.1) is 23.9 Å². The van der Waals surface area contributed by atoms with Crippen LogP contribution in [0.15, 0.2) is 54.7 Å². The Morgan fingerprint density at radius 3 is 2.35 bits per heavy atom. The molecule has 0 N–H and O–H groups in total. The molecule has 0 aliphatic rings. The van der Waals surface area contributed by atoms with Crippen LogP contribution in [0.25, 0.3) is 0 Å². The molecule has 0 saturated heterocycles. The van der Waals surface area contributed by atoms with Crippen LogP contribution >= 0.6 is 0 Å². The summed E-state index contributed by atoms with van der Waals surface area (Å²) in [6, 6.07) is 14.5. The maximum absolute atomic E-state index is 12.8. The largest absolute Gasteiger partial charge is 0.339 e. The van der Waals surface area contributed by atoms with Gasteiger partial charge in [-0.2, -0.15) is 0 Å². The second-order valence-corrected chi connectivity index (χ2v) is 7.76. The lowest BCUT2D eigenvalue weighted by Crippen LogP contribution is -2.34. The van der Waals surface area contributed by atoms with Crippen molar-refractivity contribution in [3.8, 4) is 0 Å². The third-order valence-corrected chi connectivity index (χ3v) is 4.41. The summed E-state index contributed by atoms with van der Waals surface area (Å²) in [6.07, 6.45) is 2.81. The molecule has 2 rings (SSSR count). The summed E-state index contributed by atoms with van der Waals surface area (Å²) in [5.74, 6) is -1.14. The number of amides is 1. The van der Waals surface area contributed by atoms with Crippen molar-refractivity contribution in [3.63, 3.8) is 0 Å². The van der Waals surface area contributed by atoms with E-state index in [4.69, 9.17) is 0 Å². The molecule has 2 aromatic rings. The van der Waals surface area contributed by atoms with E-state index in [0.717, 1.165) is 11.9 Å². The van der Waals surface area contributed by atoms with E-state index in [-0.39, 0.29) is 11.7 Å². The summed E-state index contributed by atoms with van der Waals surface area (Å²) < 4.78 is 23.4. The first-order valence-corrected chi connectivity index (χ1v) is 9.30. The molecule has 1 aromatic heterocycles. The zero-order chi connectivity index (χ0) is 16.9. The average Bonchev–Trinajstić information content (AvgIpc) is 2.53. The van der Waals surface area contributed by atoms with E-state index in [2.05, 4.69) is 4.98 Å². The maximum atomic E-state index is 12.8. The number of sulfone groups is 1. The fourth-order valence-corrected chi connectivity index (χ4v) is 3.32. The van der Waals surface area contributed by atoms with Crippen molar-refractivity contribution < 1.29 is 13.2 Å². The zero-order valence-electron chi connectivity index (χ0n) is 13.2. The monoisotopic (exact) mass is 332 g/mol. The zero-order valence-corrected chi connectivity index (χ0v) is 14.0. The minimum absolute atomic E-state index is 0.206. The number of benzene rings is 1. The standard InChI is InChI=1S/C17H20N2O3S/c1-19(12-15-10-6-7-11-18-15)17(20)16(13-23(2,21)22)14-8-4-3-5-9-14/h3-11,16H,12-13H2,1-2H3. The van der Waals surface area contributed by atoms with Gasteiger partial charge in [-0.05, 0) is 17.7 Å². The maximum Gasteiger partial charge on any atom is 0.231 e. The van der Waals surface area contributed by atoms with Crippen LogP contribution in [-0.2, 0) is 21.2 Å². The van der Waals surface area contributed by atoms with E-state index in [0.29, 0.717) is 12.1 Å². The Kier molecular flexibility index (Phi) is 5.50. The third kappa shape index (κ3) is 5.17. The number of hydrogen-bond acceptors (Lipinski definition) is 4. The fraction of sp³-hybridized carbons (Fsp3) is 0.294. The normalized spacial score (nSPS) is 12.6. The molecule has 0 aliphatic heterocycles. The molecule has 0 fully saturated rings. The smallest absolute Gasteiger partial charge is 0.231 e. The number of aromatic nitrogens is 1. The summed E-state index contributed by atoms with van der Waals surface area (Å²) in [4.78, 5) is 18.5. The van der Waals surface area contributed by atoms with Crippen molar-refractivity contribution in [3.05, 3.63) is 66.0 Å². The Bertz CT molecular complexity index is 746. The Labute approximate surface area is 136 Å². The van der Waals surface area contributed by atoms with E-state index in [1.807, 2.05) is 24.3 Å². The highest BCUT2D eigenvalue weighted by Gasteiger charge is 2.27. The quantitative estimate of drug-likeness (QED) is 0.810. The van der Waals surface area contributed by atoms with E-state index in [1.165, 1.54) is 4.90 Å². The SMILES string of the molecule is CN(Cc1ccccn1)C(=O)C(CS(C)(=O)=O)c1ccccc1. The number of rotatable bonds is 6. The van der Waals surface area contributed by atoms with Gasteiger partial charge in [0.15, 0.2) is 0 Å². The highest BCUT2D eigenvalue weighted by Crippen LogP contribution is 2.21. The molecular weight excluding hydrogens is 312 g/mol. The highest BCUT2D eigenvalue weighted by molar-refractivity contribution is 7.90. The number of pyridine rings is 1. The lowest BCUT2D eigenvalue weighted by molar-refractivity contribution is -0.131. The van der Waals surface area contributed by atoms with Crippen molar-refractivity contribution in [1.82, 2.24) is 9.88 Å². The molecule has 5 nitrogen and oxygen atoms in total. The summed E-state index contributed by atoms with van der Waals surface area (Å²) >= 11 is 0. The predicted octanol–water partition coefficient (Wildman–Crippen LogP) is 1.87. The van der Waals surface area contributed by atoms with Crippen LogP contribution in [0, 0.1) is 0 Å². The summed E-state index contributed by atoms with van der Waals surface area (Å²) in [5, 5.41) is 0. The number of likely N-dealkylation sites (N-methyl/N-ethyl adjacent to an activating group) is 1. The molecule has 1 heterocycles. The molecule has 0 bridgehead atoms. The van der Waals surface area contributed by atoms with Crippen LogP contribution in [0.3, 0.4) is 0 Å². The second-order valence-electron chi connectivity index (χ2n) is 5.57. The van der Waals surface area contributed by atoms with Crippen LogP contribution in [0.4, 0.5) is 0 Å². The molecule has 23 heavy (non-hydrogen) atoms. The van der Waals surface area contributed by atoms with Gasteiger partial charge in [0.25, 0.3) is 0 Å². The number of nitrogens with zero attached hydrogens (tertiary/aromatic N) is 2. The number of hydrogen-bond donors (Lipinski definition) is 0. The molecule has 0 spiro atoms. The van der Waals surface area contributed by atoms with Gasteiger partial charge in [-0.15, -0.1) is 0 Å². The van der Waals surface area contributed by atoms with Crippen LogP contribution in [0.5, 0.6) is 0 Å². The lowest BCUT2D eigenvalue weighted by Gasteiger charge is -2.23. The van der Waals surface area contributed by atoms with E-state index >= 15 is 0 Å². The van der Waals surface area contributed by atoms with Crippen molar-refractivity contribution in [2.45, 2.75) is 12.5 Å². The summed E-state index contributed by atoms with van der Waals surface area (Å²) in [7, 11) is -1.62. The topological polar surface area (TPSA) is 67.3 Å². The number of carbonyl (C=O) groups is 1. The molecule has 122 valence electrons. The van der Waals surface area contributed by atoms with Crippen molar-refractivity contribution in [1.29, 1.82) is 0 Å². The Hall–Kier alpha value is -2.21. The molecule has 1 atom stereocenters. The average molecular weight is 332 g/mol. The lowest BCUT2D eigenvalue weighted by atomic mass is 9.99. The molecular formula is C17H20N2O3S. The van der Waals surface area contributed by atoms with Gasteiger partial charge in [0.1, 0.15) is 9.84 Å². The van der Waals surface area contributed by atoms with Gasteiger partial charge in [-0.25, -0.2) is 8.42 Å². The van der Waals surface area contributed by atoms with Gasteiger partial charge < -0.3 is 4.90 Å². The van der Waals surface area contributed by atoms with Crippen LogP contribution in [0.1, 0.15) is 17.2 Å². The minimum Gasteiger partial charge on any atom is -0.339 e. The molecule has 0 saturated carbocycles. The van der Waals surface area contributed by atoms with Crippen molar-refractivity contribution >= 4 is 15.7 Å². The van der Waals surface area contributed by atoms with Gasteiger partial charge in [-0.1, -0.05) is 36.4 Å². The molecule has 1 unspecified atom stereocenters. The first-order valence-electron chi connectivity index (χ1n) is 7.24. The molecule has 1 aromatic carbocycles. The Balaban J connectivity index is 2.22. The predicted molar refractivity (Wildman–Crippen MR) is 89.6 cm³/mol. The molecule has 6 heteroatoms. The third-order valence-electron chi connectivity index (χ3n) is 3.47. The summed E-state index contributed by atoms with van der Waals surface area (Å²) in [6.45, 7) is 0.340. The van der Waals surface area contributed by atoms with E-state index < -0.39 is 15.8 Å². The van der Waals surface area contributed by atoms with Gasteiger partial charge >= 0.3 is 0 Å². The molecule has 1 amide bonds. The fourth-order valence-electron chi connectivity index (χ4n) is 2.38. The first kappa shape index (κ1) is 17.1. The first-order chi connectivity index (χ1) is 10.9. The Morgan fingerprint density at radius 2 is 1.78 bits per heavy atom. The van der Waals surface area contributed by atoms with Gasteiger partial charge in [-0.3, -0.25) is 9.78 Å². The van der Waals surface area contributed by atoms with Gasteiger partial charge in [0.2, 0.25) is 5.91 Å². The summed E-state index contributed by atoms with van der Waals surface area (Å²) in [5.41, 5.74) is 1.46. The highest BCUT2D eigenvalue weighted by atomic mass is 32.2. The van der Waals surface area contributed by atoms with E-state index in [9.17, 15) is 13.2 Å². The van der Waals surface area contributed by atoms with E-state index in [1.54, 1.807) is 37.5 Å². The molecule has 0 radical (unpaired) electrons. The van der Waals surface area contributed by atoms with Crippen molar-refractivity contribution in [2.24, 2.45) is 0 Å². The van der Waals surface area contributed by atoms with Crippen molar-refractivity contribution in [2.75, 3.05) is 19.1 Å². The van der Waals surface area contributed by atoms with Crippen LogP contribution in [-0.4, -0.2) is 43.3 Å². The second kappa shape index (κ2) is 7.37. The molecule has 0 aliphatic carbocycles. The Morgan fingerprint density at radius 1 is 1.13 bits per heavy atom.